The van der Waals surface area contributed by atoms with Gasteiger partial charge in [-0.3, -0.25) is 19.3 Å². The van der Waals surface area contributed by atoms with Crippen LogP contribution < -0.4 is 40.0 Å². The van der Waals surface area contributed by atoms with Gasteiger partial charge in [-0.2, -0.15) is 10.2 Å². The first-order valence-electron chi connectivity index (χ1n) is 20.0. The normalized spacial score (nSPS) is 11.4. The molecule has 0 unspecified atom stereocenters. The highest BCUT2D eigenvalue weighted by atomic mass is 19.1. The Balaban J connectivity index is 0.000000191. The molecule has 0 fully saturated rings. The van der Waals surface area contributed by atoms with Crippen molar-refractivity contribution in [1.82, 2.24) is 59.7 Å². The Kier molecular flexibility index (Phi) is 14.0. The Labute approximate surface area is 367 Å². The van der Waals surface area contributed by atoms with Gasteiger partial charge in [-0.05, 0) is 38.4 Å². The van der Waals surface area contributed by atoms with E-state index in [4.69, 9.17) is 28.9 Å². The van der Waals surface area contributed by atoms with Gasteiger partial charge in [-0.1, -0.05) is 0 Å². The molecule has 2 aromatic carbocycles. The predicted molar refractivity (Wildman–Crippen MR) is 238 cm³/mol. The molecular formula is C44H48F2N14O4. The maximum atomic E-state index is 15.2. The molecule has 0 spiro atoms. The van der Waals surface area contributed by atoms with Crippen LogP contribution in [0.1, 0.15) is 0 Å². The lowest BCUT2D eigenvalue weighted by Crippen LogP contribution is -2.28. The number of likely N-dealkylation sites (N-methyl/N-ethyl adjacent to an activating group) is 2. The van der Waals surface area contributed by atoms with Gasteiger partial charge >= 0.3 is 0 Å². The average Bonchev–Trinajstić information content (AvgIpc) is 3.97. The number of nitrogens with zero attached hydrogens (tertiary/aromatic N) is 12. The third kappa shape index (κ3) is 9.72. The average molecular weight is 875 g/mol. The predicted octanol–water partition coefficient (Wildman–Crippen LogP) is 5.38. The van der Waals surface area contributed by atoms with E-state index in [0.717, 1.165) is 11.1 Å². The molecule has 64 heavy (non-hydrogen) atoms. The molecule has 0 saturated heterocycles. The molecule has 0 aliphatic carbocycles. The minimum atomic E-state index is -0.566. The van der Waals surface area contributed by atoms with Crippen molar-refractivity contribution in [3.05, 3.63) is 103 Å². The van der Waals surface area contributed by atoms with E-state index in [-0.39, 0.29) is 17.2 Å². The van der Waals surface area contributed by atoms with Crippen LogP contribution >= 0.6 is 0 Å². The van der Waals surface area contributed by atoms with E-state index in [1.165, 1.54) is 46.6 Å². The highest BCUT2D eigenvalue weighted by Crippen LogP contribution is 2.37. The van der Waals surface area contributed by atoms with Crippen molar-refractivity contribution in [1.29, 1.82) is 0 Å². The van der Waals surface area contributed by atoms with Crippen LogP contribution in [0, 0.1) is 11.6 Å². The zero-order chi connectivity index (χ0) is 45.3. The van der Waals surface area contributed by atoms with E-state index in [9.17, 15) is 4.39 Å². The van der Waals surface area contributed by atoms with Gasteiger partial charge in [0, 0.05) is 88.1 Å². The Bertz CT molecular complexity index is 2970. The van der Waals surface area contributed by atoms with Crippen LogP contribution in [0.25, 0.3) is 44.8 Å². The minimum Gasteiger partial charge on any atom is -0.497 e. The van der Waals surface area contributed by atoms with Crippen LogP contribution in [0.15, 0.2) is 90.7 Å². The fraction of sp³-hybridized carbons (Fsp3) is 0.273. The summed E-state index contributed by atoms with van der Waals surface area (Å²) in [5.41, 5.74) is 6.40. The lowest BCUT2D eigenvalue weighted by atomic mass is 10.2. The van der Waals surface area contributed by atoms with Crippen LogP contribution in [0.4, 0.5) is 26.0 Å². The van der Waals surface area contributed by atoms with E-state index in [1.54, 1.807) is 57.2 Å². The van der Waals surface area contributed by atoms with Gasteiger partial charge in [-0.15, -0.1) is 0 Å². The molecule has 0 atom stereocenters. The molecule has 0 bridgehead atoms. The first-order valence-corrected chi connectivity index (χ1v) is 20.0. The van der Waals surface area contributed by atoms with E-state index in [1.807, 2.05) is 57.3 Å². The second-order valence-corrected chi connectivity index (χ2v) is 14.2. The quantitative estimate of drug-likeness (QED) is 0.134. The molecule has 6 aromatic heterocycles. The van der Waals surface area contributed by atoms with Gasteiger partial charge in [0.2, 0.25) is 0 Å². The summed E-state index contributed by atoms with van der Waals surface area (Å²) < 4.78 is 56.4. The Morgan fingerprint density at radius 3 is 1.89 bits per heavy atom. The minimum absolute atomic E-state index is 0.0596. The SMILES string of the molecule is CNCCN(c1ccc2ncc(-c3cnn(C)c3)nc2n1)c1cc(OC)cc(OC)c1F.CNCCn1c(=Nc2cc(OC)cc(OC)c2F)ccc2ncc(-c3cnn(C)c3)nc21. The van der Waals surface area contributed by atoms with E-state index in [2.05, 4.69) is 40.8 Å². The fourth-order valence-corrected chi connectivity index (χ4v) is 6.65. The largest absolute Gasteiger partial charge is 0.497 e. The summed E-state index contributed by atoms with van der Waals surface area (Å²) in [5.74, 6) is 0.540. The highest BCUT2D eigenvalue weighted by Gasteiger charge is 2.21. The van der Waals surface area contributed by atoms with Crippen LogP contribution in [0.5, 0.6) is 23.0 Å². The number of nitrogens with one attached hydrogen (secondary N) is 2. The highest BCUT2D eigenvalue weighted by molar-refractivity contribution is 5.77. The maximum absolute atomic E-state index is 15.2. The number of aryl methyl sites for hydroxylation is 2. The number of aromatic nitrogens is 10. The topological polar surface area (TPSA) is 182 Å². The standard InChI is InChI=1S/2C22H24FN7O2/c1-24-7-8-30(18-9-15(31-3)10-19(32-4)21(18)23)20-6-5-16-22(28-20)27-17(12-25-16)14-11-26-29(2)13-14;1-24-7-8-30-20(27-17-9-15(31-3)10-19(32-4)21(17)23)6-5-16-22(30)28-18(12-25-16)14-11-26-29(2)13-14/h2*5-6,9-13,24H,7-8H2,1-4H3. The first kappa shape index (κ1) is 44.5. The van der Waals surface area contributed by atoms with E-state index < -0.39 is 11.6 Å². The molecule has 0 aliphatic heterocycles. The summed E-state index contributed by atoms with van der Waals surface area (Å²) in [4.78, 5) is 29.5. The summed E-state index contributed by atoms with van der Waals surface area (Å²) >= 11 is 0. The number of rotatable bonds is 15. The number of fused-ring (bicyclic) bond motifs is 2. The molecule has 0 aliphatic rings. The molecule has 2 N–H and O–H groups in total. The monoisotopic (exact) mass is 874 g/mol. The summed E-state index contributed by atoms with van der Waals surface area (Å²) in [6.07, 6.45) is 10.6. The van der Waals surface area contributed by atoms with E-state index >= 15 is 4.39 Å². The number of halogens is 2. The number of hydrogen-bond acceptors (Lipinski definition) is 15. The molecular weight excluding hydrogens is 827 g/mol. The summed E-state index contributed by atoms with van der Waals surface area (Å²) in [7, 11) is 13.2. The smallest absolute Gasteiger partial charge is 0.190 e. The summed E-state index contributed by atoms with van der Waals surface area (Å²) in [5, 5.41) is 14.6. The van der Waals surface area contributed by atoms with Crippen LogP contribution in [-0.2, 0) is 20.6 Å². The van der Waals surface area contributed by atoms with Crippen LogP contribution in [-0.4, -0.2) is 111 Å². The van der Waals surface area contributed by atoms with Crippen molar-refractivity contribution in [2.75, 3.05) is 67.1 Å². The second kappa shape index (κ2) is 20.1. The van der Waals surface area contributed by atoms with Gasteiger partial charge in [0.05, 0.1) is 70.3 Å². The number of anilines is 2. The van der Waals surface area contributed by atoms with E-state index in [0.29, 0.717) is 88.4 Å². The van der Waals surface area contributed by atoms with Crippen molar-refractivity contribution in [2.24, 2.45) is 19.1 Å². The number of hydrogen-bond donors (Lipinski definition) is 2. The molecule has 0 radical (unpaired) electrons. The van der Waals surface area contributed by atoms with Gasteiger partial charge in [0.25, 0.3) is 0 Å². The Morgan fingerprint density at radius 2 is 1.28 bits per heavy atom. The molecule has 18 nitrogen and oxygen atoms in total. The van der Waals surface area contributed by atoms with Crippen molar-refractivity contribution in [2.45, 2.75) is 6.54 Å². The Morgan fingerprint density at radius 1 is 0.672 bits per heavy atom. The van der Waals surface area contributed by atoms with Gasteiger partial charge in [0.15, 0.2) is 34.4 Å². The summed E-state index contributed by atoms with van der Waals surface area (Å²) in [6, 6.07) is 13.4. The lowest BCUT2D eigenvalue weighted by Gasteiger charge is -2.25. The van der Waals surface area contributed by atoms with Gasteiger partial charge in [0.1, 0.15) is 39.5 Å². The third-order valence-corrected chi connectivity index (χ3v) is 9.97. The van der Waals surface area contributed by atoms with Crippen LogP contribution in [0.2, 0.25) is 0 Å². The molecule has 0 saturated carbocycles. The third-order valence-electron chi connectivity index (χ3n) is 9.97. The van der Waals surface area contributed by atoms with Gasteiger partial charge in [-0.25, -0.2) is 28.7 Å². The van der Waals surface area contributed by atoms with Crippen molar-refractivity contribution in [3.8, 4) is 45.5 Å². The van der Waals surface area contributed by atoms with Crippen molar-refractivity contribution >= 4 is 39.5 Å². The fourth-order valence-electron chi connectivity index (χ4n) is 6.65. The molecule has 6 heterocycles. The Hall–Kier alpha value is -7.58. The zero-order valence-electron chi connectivity index (χ0n) is 36.7. The maximum Gasteiger partial charge on any atom is 0.190 e. The zero-order valence-corrected chi connectivity index (χ0v) is 36.7. The first-order chi connectivity index (χ1) is 31.1. The second-order valence-electron chi connectivity index (χ2n) is 14.2. The van der Waals surface area contributed by atoms with Crippen molar-refractivity contribution in [3.63, 3.8) is 0 Å². The number of benzene rings is 2. The lowest BCUT2D eigenvalue weighted by molar-refractivity contribution is 0.374. The molecule has 20 heteroatoms. The summed E-state index contributed by atoms with van der Waals surface area (Å²) in [6.45, 7) is 2.27. The van der Waals surface area contributed by atoms with Crippen LogP contribution in [0.3, 0.4) is 0 Å². The molecule has 332 valence electrons. The number of pyridine rings is 2. The molecule has 0 amide bonds. The molecule has 8 aromatic rings. The number of methoxy groups -OCH3 is 4. The van der Waals surface area contributed by atoms with Crippen molar-refractivity contribution < 1.29 is 27.7 Å². The molecule has 8 rings (SSSR count). The number of ether oxygens (including phenoxy) is 4. The van der Waals surface area contributed by atoms with Gasteiger partial charge < -0.3 is 39.0 Å².